The molecule has 0 aromatic heterocycles. The molecule has 0 bridgehead atoms. The first-order chi connectivity index (χ1) is 9.56. The molecular formula is C17H18O3. The number of methoxy groups -OCH3 is 2. The Hall–Kier alpha value is -2.29. The van der Waals surface area contributed by atoms with Crippen molar-refractivity contribution in [2.45, 2.75) is 13.8 Å². The Morgan fingerprint density at radius 2 is 1.70 bits per heavy atom. The molecule has 0 aliphatic rings. The molecule has 0 aliphatic heterocycles. The second kappa shape index (κ2) is 5.78. The Morgan fingerprint density at radius 1 is 0.950 bits per heavy atom. The number of aryl methyl sites for hydroxylation is 2. The van der Waals surface area contributed by atoms with Crippen LogP contribution in [0, 0.1) is 13.8 Å². The molecule has 0 heterocycles. The highest BCUT2D eigenvalue weighted by Crippen LogP contribution is 2.28. The highest BCUT2D eigenvalue weighted by Gasteiger charge is 2.09. The molecule has 2 aromatic carbocycles. The minimum Gasteiger partial charge on any atom is -0.496 e. The second-order valence-electron chi connectivity index (χ2n) is 4.71. The molecule has 3 heteroatoms. The minimum atomic E-state index is -0.314. The fourth-order valence-corrected chi connectivity index (χ4v) is 2.28. The molecule has 0 fully saturated rings. The van der Waals surface area contributed by atoms with E-state index in [4.69, 9.17) is 9.47 Å². The predicted molar refractivity (Wildman–Crippen MR) is 79.2 cm³/mol. The molecule has 0 spiro atoms. The summed E-state index contributed by atoms with van der Waals surface area (Å²) in [6, 6.07) is 11.6. The van der Waals surface area contributed by atoms with E-state index < -0.39 is 0 Å². The number of ether oxygens (including phenoxy) is 2. The Bertz CT molecular complexity index is 645. The second-order valence-corrected chi connectivity index (χ2v) is 4.71. The SMILES string of the molecule is COC(=O)c1ccc(-c2ccc(OC)c(C)c2)c(C)c1. The maximum absolute atomic E-state index is 11.5. The summed E-state index contributed by atoms with van der Waals surface area (Å²) >= 11 is 0. The van der Waals surface area contributed by atoms with Crippen LogP contribution in [-0.4, -0.2) is 20.2 Å². The zero-order valence-corrected chi connectivity index (χ0v) is 12.2. The summed E-state index contributed by atoms with van der Waals surface area (Å²) in [6.07, 6.45) is 0. The first kappa shape index (κ1) is 14.1. The normalized spacial score (nSPS) is 10.2. The van der Waals surface area contributed by atoms with Gasteiger partial charge in [0.25, 0.3) is 0 Å². The standard InChI is InChI=1S/C17H18O3/c1-11-9-14(17(18)20-4)5-7-15(11)13-6-8-16(19-3)12(2)10-13/h5-10H,1-4H3. The summed E-state index contributed by atoms with van der Waals surface area (Å²) < 4.78 is 10.0. The average Bonchev–Trinajstić information content (AvgIpc) is 2.46. The third kappa shape index (κ3) is 2.67. The number of hydrogen-bond acceptors (Lipinski definition) is 3. The van der Waals surface area contributed by atoms with Gasteiger partial charge in [0.2, 0.25) is 0 Å². The summed E-state index contributed by atoms with van der Waals surface area (Å²) in [5.41, 5.74) is 4.90. The van der Waals surface area contributed by atoms with E-state index in [9.17, 15) is 4.79 Å². The average molecular weight is 270 g/mol. The fourth-order valence-electron chi connectivity index (χ4n) is 2.28. The van der Waals surface area contributed by atoms with Crippen LogP contribution in [0.1, 0.15) is 21.5 Å². The number of rotatable bonds is 3. The quantitative estimate of drug-likeness (QED) is 0.796. The third-order valence-electron chi connectivity index (χ3n) is 3.35. The summed E-state index contributed by atoms with van der Waals surface area (Å²) in [4.78, 5) is 11.5. The molecular weight excluding hydrogens is 252 g/mol. The van der Waals surface area contributed by atoms with Crippen molar-refractivity contribution in [3.05, 3.63) is 53.1 Å². The molecule has 20 heavy (non-hydrogen) atoms. The van der Waals surface area contributed by atoms with Crippen LogP contribution >= 0.6 is 0 Å². The molecule has 0 amide bonds. The number of benzene rings is 2. The lowest BCUT2D eigenvalue weighted by Crippen LogP contribution is -2.01. The van der Waals surface area contributed by atoms with Crippen LogP contribution in [0.15, 0.2) is 36.4 Å². The van der Waals surface area contributed by atoms with Crippen LogP contribution < -0.4 is 4.74 Å². The van der Waals surface area contributed by atoms with E-state index in [2.05, 4.69) is 6.07 Å². The molecule has 0 unspecified atom stereocenters. The summed E-state index contributed by atoms with van der Waals surface area (Å²) in [5.74, 6) is 0.558. The van der Waals surface area contributed by atoms with E-state index in [-0.39, 0.29) is 5.97 Å². The molecule has 2 aromatic rings. The van der Waals surface area contributed by atoms with Crippen molar-refractivity contribution in [3.8, 4) is 16.9 Å². The molecule has 3 nitrogen and oxygen atoms in total. The van der Waals surface area contributed by atoms with Crippen LogP contribution in [0.4, 0.5) is 0 Å². The van der Waals surface area contributed by atoms with Crippen molar-refractivity contribution in [2.75, 3.05) is 14.2 Å². The van der Waals surface area contributed by atoms with E-state index in [0.717, 1.165) is 28.0 Å². The number of esters is 1. The smallest absolute Gasteiger partial charge is 0.337 e. The van der Waals surface area contributed by atoms with Gasteiger partial charge < -0.3 is 9.47 Å². The van der Waals surface area contributed by atoms with Crippen LogP contribution in [-0.2, 0) is 4.74 Å². The van der Waals surface area contributed by atoms with E-state index in [1.807, 2.05) is 38.1 Å². The molecule has 0 N–H and O–H groups in total. The van der Waals surface area contributed by atoms with E-state index in [1.165, 1.54) is 7.11 Å². The Morgan fingerprint density at radius 3 is 2.25 bits per heavy atom. The first-order valence-corrected chi connectivity index (χ1v) is 6.40. The van der Waals surface area contributed by atoms with Gasteiger partial charge in [-0.15, -0.1) is 0 Å². The summed E-state index contributed by atoms with van der Waals surface area (Å²) in [7, 11) is 3.05. The van der Waals surface area contributed by atoms with Crippen molar-refractivity contribution in [1.82, 2.24) is 0 Å². The first-order valence-electron chi connectivity index (χ1n) is 6.40. The van der Waals surface area contributed by atoms with E-state index in [0.29, 0.717) is 5.56 Å². The molecule has 104 valence electrons. The molecule has 0 saturated heterocycles. The van der Waals surface area contributed by atoms with Crippen LogP contribution in [0.2, 0.25) is 0 Å². The third-order valence-corrected chi connectivity index (χ3v) is 3.35. The minimum absolute atomic E-state index is 0.314. The number of carbonyl (C=O) groups excluding carboxylic acids is 1. The summed E-state index contributed by atoms with van der Waals surface area (Å²) in [5, 5.41) is 0. The highest BCUT2D eigenvalue weighted by atomic mass is 16.5. The Labute approximate surface area is 119 Å². The van der Waals surface area contributed by atoms with Gasteiger partial charge in [-0.25, -0.2) is 4.79 Å². The number of hydrogen-bond donors (Lipinski definition) is 0. The van der Waals surface area contributed by atoms with Gasteiger partial charge in [0.1, 0.15) is 5.75 Å². The van der Waals surface area contributed by atoms with E-state index in [1.54, 1.807) is 13.2 Å². The molecule has 0 radical (unpaired) electrons. The van der Waals surface area contributed by atoms with Crippen LogP contribution in [0.3, 0.4) is 0 Å². The van der Waals surface area contributed by atoms with Crippen molar-refractivity contribution >= 4 is 5.97 Å². The maximum atomic E-state index is 11.5. The van der Waals surface area contributed by atoms with Gasteiger partial charge >= 0.3 is 5.97 Å². The lowest BCUT2D eigenvalue weighted by Gasteiger charge is -2.11. The molecule has 2 rings (SSSR count). The van der Waals surface area contributed by atoms with Gasteiger partial charge in [-0.1, -0.05) is 12.1 Å². The van der Waals surface area contributed by atoms with E-state index >= 15 is 0 Å². The van der Waals surface area contributed by atoms with Crippen molar-refractivity contribution in [1.29, 1.82) is 0 Å². The van der Waals surface area contributed by atoms with Crippen molar-refractivity contribution in [2.24, 2.45) is 0 Å². The maximum Gasteiger partial charge on any atom is 0.337 e. The monoisotopic (exact) mass is 270 g/mol. The highest BCUT2D eigenvalue weighted by molar-refractivity contribution is 5.90. The topological polar surface area (TPSA) is 35.5 Å². The van der Waals surface area contributed by atoms with Crippen LogP contribution in [0.5, 0.6) is 5.75 Å². The number of carbonyl (C=O) groups is 1. The lowest BCUT2D eigenvalue weighted by molar-refractivity contribution is 0.0600. The van der Waals surface area contributed by atoms with Gasteiger partial charge in [0.05, 0.1) is 19.8 Å². The summed E-state index contributed by atoms with van der Waals surface area (Å²) in [6.45, 7) is 4.00. The zero-order valence-electron chi connectivity index (χ0n) is 12.2. The Balaban J connectivity index is 2.43. The largest absolute Gasteiger partial charge is 0.496 e. The van der Waals surface area contributed by atoms with Gasteiger partial charge in [0, 0.05) is 0 Å². The van der Waals surface area contributed by atoms with Crippen molar-refractivity contribution < 1.29 is 14.3 Å². The van der Waals surface area contributed by atoms with Gasteiger partial charge in [-0.3, -0.25) is 0 Å². The Kier molecular flexibility index (Phi) is 4.08. The zero-order chi connectivity index (χ0) is 14.7. The fraction of sp³-hybridized carbons (Fsp3) is 0.235. The van der Waals surface area contributed by atoms with Gasteiger partial charge in [-0.05, 0) is 60.4 Å². The van der Waals surface area contributed by atoms with Crippen LogP contribution in [0.25, 0.3) is 11.1 Å². The van der Waals surface area contributed by atoms with Gasteiger partial charge in [0.15, 0.2) is 0 Å². The predicted octanol–water partition coefficient (Wildman–Crippen LogP) is 3.77. The molecule has 0 aliphatic carbocycles. The van der Waals surface area contributed by atoms with Gasteiger partial charge in [-0.2, -0.15) is 0 Å². The lowest BCUT2D eigenvalue weighted by atomic mass is 9.97. The van der Waals surface area contributed by atoms with Crippen molar-refractivity contribution in [3.63, 3.8) is 0 Å². The molecule has 0 saturated carbocycles. The molecule has 0 atom stereocenters.